The van der Waals surface area contributed by atoms with E-state index in [0.29, 0.717) is 6.04 Å². The third-order valence-electron chi connectivity index (χ3n) is 3.93. The minimum Gasteiger partial charge on any atom is -0.475 e. The number of rotatable bonds is 3. The zero-order valence-corrected chi connectivity index (χ0v) is 13.3. The molecule has 2 fully saturated rings. The highest BCUT2D eigenvalue weighted by atomic mass is 19.4. The van der Waals surface area contributed by atoms with Crippen LogP contribution in [0.25, 0.3) is 0 Å². The van der Waals surface area contributed by atoms with Crippen molar-refractivity contribution in [2.24, 2.45) is 0 Å². The summed E-state index contributed by atoms with van der Waals surface area (Å²) in [6.07, 6.45) is 0.774. The summed E-state index contributed by atoms with van der Waals surface area (Å²) in [5.74, 6) is -2.81. The molecule has 0 radical (unpaired) electrons. The first-order chi connectivity index (χ1) is 11.2. The number of likely N-dealkylation sites (tertiary alicyclic amines) is 1. The number of amides is 1. The zero-order chi connectivity index (χ0) is 18.2. The van der Waals surface area contributed by atoms with E-state index in [1.165, 1.54) is 12.5 Å². The lowest BCUT2D eigenvalue weighted by Crippen LogP contribution is -2.51. The smallest absolute Gasteiger partial charge is 0.475 e. The monoisotopic (exact) mass is 352 g/mol. The summed E-state index contributed by atoms with van der Waals surface area (Å²) in [7, 11) is 0. The van der Waals surface area contributed by atoms with E-state index in [2.05, 4.69) is 16.8 Å². The molecule has 2 aliphatic heterocycles. The number of nitrogens with one attached hydrogen (secondary N) is 1. The number of ether oxygens (including phenoxy) is 1. The molecule has 6 nitrogen and oxygen atoms in total. The molecule has 0 aromatic rings. The summed E-state index contributed by atoms with van der Waals surface area (Å²) < 4.78 is 37.1. The average Bonchev–Trinajstić information content (AvgIpc) is 2.55. The number of aliphatic carboxylic acids is 1. The van der Waals surface area contributed by atoms with Crippen LogP contribution in [0.4, 0.5) is 13.2 Å². The van der Waals surface area contributed by atoms with Crippen molar-refractivity contribution in [3.63, 3.8) is 0 Å². The summed E-state index contributed by atoms with van der Waals surface area (Å²) in [5.41, 5.74) is 0. The molecule has 2 N–H and O–H groups in total. The first-order valence-electron chi connectivity index (χ1n) is 7.79. The van der Waals surface area contributed by atoms with Gasteiger partial charge in [0.05, 0.1) is 0 Å². The number of carboxylic acid groups (broad SMARTS) is 1. The molecule has 24 heavy (non-hydrogen) atoms. The molecule has 9 heteroatoms. The molecule has 2 rings (SSSR count). The Hall–Kier alpha value is -1.61. The summed E-state index contributed by atoms with van der Waals surface area (Å²) >= 11 is 0. The van der Waals surface area contributed by atoms with Crippen molar-refractivity contribution in [3.05, 3.63) is 12.7 Å². The van der Waals surface area contributed by atoms with Crippen molar-refractivity contribution in [2.75, 3.05) is 26.3 Å². The molecule has 138 valence electrons. The lowest BCUT2D eigenvalue weighted by atomic mass is 10.00. The number of hydrogen-bond donors (Lipinski definition) is 2. The molecule has 1 amide bonds. The molecule has 1 unspecified atom stereocenters. The van der Waals surface area contributed by atoms with Gasteiger partial charge < -0.3 is 15.2 Å². The van der Waals surface area contributed by atoms with Crippen LogP contribution < -0.4 is 5.32 Å². The molecule has 0 aromatic carbocycles. The Bertz CT molecular complexity index is 437. The van der Waals surface area contributed by atoms with Crippen molar-refractivity contribution in [1.82, 2.24) is 10.2 Å². The maximum atomic E-state index is 11.3. The van der Waals surface area contributed by atoms with Crippen molar-refractivity contribution < 1.29 is 32.6 Å². The van der Waals surface area contributed by atoms with Gasteiger partial charge in [0.2, 0.25) is 5.91 Å². The highest BCUT2D eigenvalue weighted by Gasteiger charge is 2.38. The number of carbonyl (C=O) groups is 2. The van der Waals surface area contributed by atoms with Gasteiger partial charge in [-0.25, -0.2) is 4.79 Å². The molecular formula is C15H23F3N2O4. The number of hydrogen-bond acceptors (Lipinski definition) is 4. The molecule has 2 saturated heterocycles. The van der Waals surface area contributed by atoms with Gasteiger partial charge in [0.15, 0.2) is 0 Å². The highest BCUT2D eigenvalue weighted by molar-refractivity contribution is 5.87. The van der Waals surface area contributed by atoms with Crippen molar-refractivity contribution >= 4 is 11.9 Å². The Labute approximate surface area is 138 Å². The second kappa shape index (κ2) is 9.63. The van der Waals surface area contributed by atoms with E-state index in [1.54, 1.807) is 0 Å². The SMILES string of the molecule is C=CC(=O)NC1CCCN(C2CCOCC2)C1.O=C(O)C(F)(F)F. The fourth-order valence-corrected chi connectivity index (χ4v) is 2.77. The molecule has 0 aromatic heterocycles. The Morgan fingerprint density at radius 2 is 1.83 bits per heavy atom. The molecule has 1 atom stereocenters. The first kappa shape index (κ1) is 20.4. The van der Waals surface area contributed by atoms with E-state index in [0.717, 1.165) is 45.6 Å². The number of carboxylic acids is 1. The lowest BCUT2D eigenvalue weighted by Gasteiger charge is -2.39. The molecule has 0 aliphatic carbocycles. The predicted octanol–water partition coefficient (Wildman–Crippen LogP) is 1.57. The van der Waals surface area contributed by atoms with Gasteiger partial charge in [-0.05, 0) is 38.3 Å². The van der Waals surface area contributed by atoms with Crippen molar-refractivity contribution in [1.29, 1.82) is 0 Å². The number of carbonyl (C=O) groups excluding carboxylic acids is 1. The van der Waals surface area contributed by atoms with Gasteiger partial charge in [-0.1, -0.05) is 6.58 Å². The Kier molecular flexibility index (Phi) is 8.20. The van der Waals surface area contributed by atoms with E-state index in [1.807, 2.05) is 0 Å². The lowest BCUT2D eigenvalue weighted by molar-refractivity contribution is -0.192. The maximum Gasteiger partial charge on any atom is 0.490 e. The van der Waals surface area contributed by atoms with Crippen LogP contribution in [0.5, 0.6) is 0 Å². The standard InChI is InChI=1S/C13H22N2O2.C2HF3O2/c1-2-13(16)14-11-4-3-7-15(10-11)12-5-8-17-9-6-12;3-2(4,5)1(6)7/h2,11-12H,1,3-10H2,(H,14,16);(H,6,7). The quantitative estimate of drug-likeness (QED) is 0.754. The predicted molar refractivity (Wildman–Crippen MR) is 80.5 cm³/mol. The third kappa shape index (κ3) is 7.31. The average molecular weight is 352 g/mol. The second-order valence-electron chi connectivity index (χ2n) is 5.69. The largest absolute Gasteiger partial charge is 0.490 e. The number of piperidine rings is 1. The van der Waals surface area contributed by atoms with Crippen molar-refractivity contribution in [3.8, 4) is 0 Å². The number of alkyl halides is 3. The van der Waals surface area contributed by atoms with Gasteiger partial charge in [-0.15, -0.1) is 0 Å². The topological polar surface area (TPSA) is 78.9 Å². The van der Waals surface area contributed by atoms with Crippen LogP contribution in [0.3, 0.4) is 0 Å². The number of nitrogens with zero attached hydrogens (tertiary/aromatic N) is 1. The minimum absolute atomic E-state index is 0.0520. The minimum atomic E-state index is -5.08. The summed E-state index contributed by atoms with van der Waals surface area (Å²) in [6.45, 7) is 7.39. The van der Waals surface area contributed by atoms with Crippen LogP contribution in [0.15, 0.2) is 12.7 Å². The van der Waals surface area contributed by atoms with Gasteiger partial charge in [-0.2, -0.15) is 13.2 Å². The summed E-state index contributed by atoms with van der Waals surface area (Å²) in [5, 5.41) is 10.1. The Balaban J connectivity index is 0.000000351. The van der Waals surface area contributed by atoms with Crippen molar-refractivity contribution in [2.45, 2.75) is 43.9 Å². The van der Waals surface area contributed by atoms with Gasteiger partial charge in [0.25, 0.3) is 0 Å². The van der Waals surface area contributed by atoms with Gasteiger partial charge in [0, 0.05) is 31.8 Å². The Morgan fingerprint density at radius 3 is 2.33 bits per heavy atom. The first-order valence-corrected chi connectivity index (χ1v) is 7.79. The van der Waals surface area contributed by atoms with Crippen LogP contribution >= 0.6 is 0 Å². The second-order valence-corrected chi connectivity index (χ2v) is 5.69. The van der Waals surface area contributed by atoms with Gasteiger partial charge >= 0.3 is 12.1 Å². The molecular weight excluding hydrogens is 329 g/mol. The van der Waals surface area contributed by atoms with E-state index < -0.39 is 12.1 Å². The van der Waals surface area contributed by atoms with Crippen LogP contribution in [-0.2, 0) is 14.3 Å². The zero-order valence-electron chi connectivity index (χ0n) is 13.3. The molecule has 0 saturated carbocycles. The van der Waals surface area contributed by atoms with E-state index in [4.69, 9.17) is 14.6 Å². The molecule has 0 spiro atoms. The third-order valence-corrected chi connectivity index (χ3v) is 3.93. The molecule has 2 aliphatic rings. The van der Waals surface area contributed by atoms with Gasteiger partial charge in [-0.3, -0.25) is 9.69 Å². The van der Waals surface area contributed by atoms with Gasteiger partial charge in [0.1, 0.15) is 0 Å². The van der Waals surface area contributed by atoms with E-state index >= 15 is 0 Å². The van der Waals surface area contributed by atoms with Crippen LogP contribution in [-0.4, -0.2) is 66.4 Å². The Morgan fingerprint density at radius 1 is 1.25 bits per heavy atom. The molecule has 2 heterocycles. The summed E-state index contributed by atoms with van der Waals surface area (Å²) in [4.78, 5) is 22.7. The fraction of sp³-hybridized carbons (Fsp3) is 0.733. The van der Waals surface area contributed by atoms with Crippen LogP contribution in [0, 0.1) is 0 Å². The maximum absolute atomic E-state index is 11.3. The molecule has 0 bridgehead atoms. The fourth-order valence-electron chi connectivity index (χ4n) is 2.77. The van der Waals surface area contributed by atoms with Crippen LogP contribution in [0.2, 0.25) is 0 Å². The van der Waals surface area contributed by atoms with Crippen LogP contribution in [0.1, 0.15) is 25.7 Å². The number of halogens is 3. The van der Waals surface area contributed by atoms with E-state index in [-0.39, 0.29) is 11.9 Å². The van der Waals surface area contributed by atoms with E-state index in [9.17, 15) is 18.0 Å². The summed E-state index contributed by atoms with van der Waals surface area (Å²) in [6, 6.07) is 0.935. The highest BCUT2D eigenvalue weighted by Crippen LogP contribution is 2.19. The normalized spacial score (nSPS) is 22.9.